The number of ether oxygens (including phenoxy) is 1. The Morgan fingerprint density at radius 3 is 2.60 bits per heavy atom. The number of hydrogen-bond acceptors (Lipinski definition) is 6. The third-order valence-electron chi connectivity index (χ3n) is 2.36. The molecule has 0 aromatic heterocycles. The van der Waals surface area contributed by atoms with Crippen molar-refractivity contribution < 1.29 is 22.7 Å². The van der Waals surface area contributed by atoms with Gasteiger partial charge >= 0.3 is 5.97 Å². The lowest BCUT2D eigenvalue weighted by Gasteiger charge is -2.07. The van der Waals surface area contributed by atoms with Gasteiger partial charge in [0.2, 0.25) is 5.91 Å². The van der Waals surface area contributed by atoms with E-state index in [1.807, 2.05) is 0 Å². The molecule has 0 saturated heterocycles. The molecule has 0 atom stereocenters. The van der Waals surface area contributed by atoms with Crippen molar-refractivity contribution in [2.24, 2.45) is 5.73 Å². The minimum Gasteiger partial charge on any atom is -0.468 e. The maximum absolute atomic E-state index is 11.6. The Balaban J connectivity index is 2.65. The highest BCUT2D eigenvalue weighted by atomic mass is 32.2. The predicted octanol–water partition coefficient (Wildman–Crippen LogP) is -0.328. The van der Waals surface area contributed by atoms with Gasteiger partial charge in [0.15, 0.2) is 9.84 Å². The summed E-state index contributed by atoms with van der Waals surface area (Å²) < 4.78 is 27.3. The number of esters is 1. The Morgan fingerprint density at radius 1 is 1.30 bits per heavy atom. The monoisotopic (exact) mass is 300 g/mol. The summed E-state index contributed by atoms with van der Waals surface area (Å²) in [6.45, 7) is 0.310. The van der Waals surface area contributed by atoms with E-state index in [1.54, 1.807) is 24.3 Å². The summed E-state index contributed by atoms with van der Waals surface area (Å²) in [7, 11) is -2.76. The Kier molecular flexibility index (Phi) is 5.66. The van der Waals surface area contributed by atoms with E-state index in [-0.39, 0.29) is 0 Å². The van der Waals surface area contributed by atoms with Gasteiger partial charge in [0.1, 0.15) is 11.5 Å². The summed E-state index contributed by atoms with van der Waals surface area (Å²) in [5, 5.41) is 2.44. The molecule has 0 bridgehead atoms. The van der Waals surface area contributed by atoms with Crippen molar-refractivity contribution in [3.63, 3.8) is 0 Å². The van der Waals surface area contributed by atoms with Crippen LogP contribution in [0.5, 0.6) is 0 Å². The smallest absolute Gasteiger partial charge is 0.320 e. The van der Waals surface area contributed by atoms with Gasteiger partial charge in [0.05, 0.1) is 7.11 Å². The maximum Gasteiger partial charge on any atom is 0.320 e. The largest absolute Gasteiger partial charge is 0.468 e. The molecular formula is C12H16N2O5S. The zero-order valence-corrected chi connectivity index (χ0v) is 11.8. The summed E-state index contributed by atoms with van der Waals surface area (Å²) in [6.07, 6.45) is 0. The van der Waals surface area contributed by atoms with E-state index in [1.165, 1.54) is 0 Å². The van der Waals surface area contributed by atoms with E-state index in [0.717, 1.165) is 12.7 Å². The van der Waals surface area contributed by atoms with Crippen molar-refractivity contribution in [2.75, 3.05) is 23.9 Å². The van der Waals surface area contributed by atoms with Crippen molar-refractivity contribution in [3.8, 4) is 0 Å². The van der Waals surface area contributed by atoms with Crippen molar-refractivity contribution in [1.82, 2.24) is 0 Å². The molecule has 0 spiro atoms. The van der Waals surface area contributed by atoms with Crippen LogP contribution in [0, 0.1) is 0 Å². The molecule has 7 nitrogen and oxygen atoms in total. The number of sulfone groups is 1. The average Bonchev–Trinajstić information content (AvgIpc) is 2.37. The van der Waals surface area contributed by atoms with Gasteiger partial charge in [-0.3, -0.25) is 9.59 Å². The quantitative estimate of drug-likeness (QED) is 0.695. The Labute approximate surface area is 117 Å². The molecule has 1 rings (SSSR count). The number of nitrogens with one attached hydrogen (secondary N) is 1. The van der Waals surface area contributed by atoms with Gasteiger partial charge in [0, 0.05) is 12.2 Å². The zero-order chi connectivity index (χ0) is 15.2. The lowest BCUT2D eigenvalue weighted by Crippen LogP contribution is -2.28. The van der Waals surface area contributed by atoms with Crippen LogP contribution in [-0.2, 0) is 30.7 Å². The van der Waals surface area contributed by atoms with Crippen molar-refractivity contribution in [3.05, 3.63) is 29.8 Å². The summed E-state index contributed by atoms with van der Waals surface area (Å²) in [4.78, 5) is 22.5. The van der Waals surface area contributed by atoms with Crippen LogP contribution >= 0.6 is 0 Å². The van der Waals surface area contributed by atoms with Crippen LogP contribution < -0.4 is 11.1 Å². The van der Waals surface area contributed by atoms with E-state index < -0.39 is 33.2 Å². The first-order valence-electron chi connectivity index (χ1n) is 5.72. The van der Waals surface area contributed by atoms with Gasteiger partial charge in [-0.15, -0.1) is 0 Å². The standard InChI is InChI=1S/C12H16N2O5S/c1-19-12(16)8-20(17,18)7-11(15)14-10-4-2-3-9(5-10)6-13/h2-5H,6-8,13H2,1H3,(H,14,15). The highest BCUT2D eigenvalue weighted by molar-refractivity contribution is 7.92. The van der Waals surface area contributed by atoms with Crippen LogP contribution in [-0.4, -0.2) is 38.9 Å². The molecule has 1 aromatic rings. The van der Waals surface area contributed by atoms with Crippen LogP contribution in [0.4, 0.5) is 5.69 Å². The predicted molar refractivity (Wildman–Crippen MR) is 73.6 cm³/mol. The molecule has 20 heavy (non-hydrogen) atoms. The second kappa shape index (κ2) is 7.01. The van der Waals surface area contributed by atoms with Gasteiger partial charge in [-0.2, -0.15) is 0 Å². The van der Waals surface area contributed by atoms with Crippen LogP contribution in [0.15, 0.2) is 24.3 Å². The third-order valence-corrected chi connectivity index (χ3v) is 3.74. The fourth-order valence-electron chi connectivity index (χ4n) is 1.46. The second-order valence-electron chi connectivity index (χ2n) is 4.06. The molecule has 3 N–H and O–H groups in total. The Morgan fingerprint density at radius 2 is 2.00 bits per heavy atom. The molecule has 8 heteroatoms. The Hall–Kier alpha value is -1.93. The van der Waals surface area contributed by atoms with Crippen molar-refractivity contribution in [2.45, 2.75) is 6.54 Å². The highest BCUT2D eigenvalue weighted by Crippen LogP contribution is 2.10. The lowest BCUT2D eigenvalue weighted by molar-refractivity contribution is -0.137. The maximum atomic E-state index is 11.6. The highest BCUT2D eigenvalue weighted by Gasteiger charge is 2.21. The molecule has 1 amide bonds. The molecule has 0 radical (unpaired) electrons. The number of methoxy groups -OCH3 is 1. The number of benzene rings is 1. The number of hydrogen-bond donors (Lipinski definition) is 2. The SMILES string of the molecule is COC(=O)CS(=O)(=O)CC(=O)Nc1cccc(CN)c1. The van der Waals surface area contributed by atoms with E-state index >= 15 is 0 Å². The third kappa shape index (κ3) is 5.37. The van der Waals surface area contributed by atoms with E-state index in [0.29, 0.717) is 12.2 Å². The first-order valence-corrected chi connectivity index (χ1v) is 7.54. The molecule has 0 aliphatic rings. The summed E-state index contributed by atoms with van der Waals surface area (Å²) in [5.74, 6) is -3.22. The number of carbonyl (C=O) groups is 2. The average molecular weight is 300 g/mol. The van der Waals surface area contributed by atoms with Crippen molar-refractivity contribution >= 4 is 27.4 Å². The molecule has 110 valence electrons. The topological polar surface area (TPSA) is 116 Å². The van der Waals surface area contributed by atoms with Gasteiger partial charge in [0.25, 0.3) is 0 Å². The Bertz CT molecular complexity index is 598. The minimum atomic E-state index is -3.84. The second-order valence-corrected chi connectivity index (χ2v) is 6.13. The van der Waals surface area contributed by atoms with Gasteiger partial charge in [-0.1, -0.05) is 12.1 Å². The molecule has 0 saturated carbocycles. The van der Waals surface area contributed by atoms with Crippen LogP contribution in [0.3, 0.4) is 0 Å². The fourth-order valence-corrected chi connectivity index (χ4v) is 2.51. The van der Waals surface area contributed by atoms with Crippen LogP contribution in [0.25, 0.3) is 0 Å². The number of amides is 1. The zero-order valence-electron chi connectivity index (χ0n) is 11.0. The first kappa shape index (κ1) is 16.1. The summed E-state index contributed by atoms with van der Waals surface area (Å²) in [5.41, 5.74) is 6.72. The van der Waals surface area contributed by atoms with E-state index in [9.17, 15) is 18.0 Å². The number of anilines is 1. The first-order chi connectivity index (χ1) is 9.36. The fraction of sp³-hybridized carbons (Fsp3) is 0.333. The van der Waals surface area contributed by atoms with Gasteiger partial charge < -0.3 is 15.8 Å². The lowest BCUT2D eigenvalue weighted by atomic mass is 10.2. The van der Waals surface area contributed by atoms with Gasteiger partial charge in [-0.05, 0) is 17.7 Å². The van der Waals surface area contributed by atoms with E-state index in [2.05, 4.69) is 10.1 Å². The van der Waals surface area contributed by atoms with Crippen LogP contribution in [0.1, 0.15) is 5.56 Å². The molecule has 0 fully saturated rings. The summed E-state index contributed by atoms with van der Waals surface area (Å²) >= 11 is 0. The molecule has 1 aromatic carbocycles. The minimum absolute atomic E-state index is 0.310. The number of nitrogens with two attached hydrogens (primary N) is 1. The molecule has 0 heterocycles. The summed E-state index contributed by atoms with van der Waals surface area (Å²) in [6, 6.07) is 6.74. The molecule has 0 aliphatic heterocycles. The molecular weight excluding hydrogens is 284 g/mol. The van der Waals surface area contributed by atoms with Crippen molar-refractivity contribution in [1.29, 1.82) is 0 Å². The van der Waals surface area contributed by atoms with E-state index in [4.69, 9.17) is 5.73 Å². The number of rotatable bonds is 6. The normalized spacial score (nSPS) is 10.9. The molecule has 0 unspecified atom stereocenters. The molecule has 0 aliphatic carbocycles. The van der Waals surface area contributed by atoms with Crippen LogP contribution in [0.2, 0.25) is 0 Å². The number of carbonyl (C=O) groups excluding carboxylic acids is 2. The van der Waals surface area contributed by atoms with Gasteiger partial charge in [-0.25, -0.2) is 8.42 Å².